The van der Waals surface area contributed by atoms with E-state index in [2.05, 4.69) is 24.3 Å². The molecule has 2 fully saturated rings. The van der Waals surface area contributed by atoms with Gasteiger partial charge in [-0.25, -0.2) is 0 Å². The average molecular weight is 202 g/mol. The highest BCUT2D eigenvalue weighted by Gasteiger charge is 2.50. The summed E-state index contributed by atoms with van der Waals surface area (Å²) >= 11 is 0. The van der Waals surface area contributed by atoms with Gasteiger partial charge < -0.3 is 5.11 Å². The van der Waals surface area contributed by atoms with Crippen LogP contribution in [-0.2, 0) is 5.41 Å². The fourth-order valence-corrected chi connectivity index (χ4v) is 2.75. The number of aliphatic hydroxyl groups excluding tert-OH is 1. The van der Waals surface area contributed by atoms with Gasteiger partial charge in [-0.1, -0.05) is 24.3 Å². The molecule has 0 aliphatic heterocycles. The summed E-state index contributed by atoms with van der Waals surface area (Å²) in [6.07, 6.45) is 4.81. The van der Waals surface area contributed by atoms with Gasteiger partial charge in [-0.2, -0.15) is 0 Å². The summed E-state index contributed by atoms with van der Waals surface area (Å²) in [7, 11) is 0. The zero-order chi connectivity index (χ0) is 10.5. The zero-order valence-electron chi connectivity index (χ0n) is 9.24. The Kier molecular flexibility index (Phi) is 1.93. The van der Waals surface area contributed by atoms with Crippen molar-refractivity contribution < 1.29 is 5.11 Å². The maximum Gasteiger partial charge on any atom is 0.0608 e. The van der Waals surface area contributed by atoms with Gasteiger partial charge >= 0.3 is 0 Å². The normalized spacial score (nSPS) is 24.9. The molecule has 15 heavy (non-hydrogen) atoms. The molecule has 2 aliphatic rings. The number of benzene rings is 1. The second-order valence-corrected chi connectivity index (χ2v) is 5.19. The molecule has 2 saturated carbocycles. The highest BCUT2D eigenvalue weighted by Crippen LogP contribution is 2.55. The Labute approximate surface area is 91.1 Å². The van der Waals surface area contributed by atoms with Crippen LogP contribution in [0.15, 0.2) is 24.3 Å². The van der Waals surface area contributed by atoms with E-state index in [1.807, 2.05) is 6.92 Å². The molecule has 80 valence electrons. The van der Waals surface area contributed by atoms with E-state index in [1.165, 1.54) is 24.0 Å². The third-order valence-electron chi connectivity index (χ3n) is 4.10. The Bertz CT molecular complexity index is 373. The van der Waals surface area contributed by atoms with Crippen LogP contribution in [0.5, 0.6) is 0 Å². The van der Waals surface area contributed by atoms with Gasteiger partial charge in [0, 0.05) is 5.41 Å². The third kappa shape index (κ3) is 1.41. The van der Waals surface area contributed by atoms with Gasteiger partial charge in [-0.3, -0.25) is 0 Å². The summed E-state index contributed by atoms with van der Waals surface area (Å²) in [5, 5.41) is 9.92. The molecule has 1 nitrogen and oxygen atoms in total. The van der Waals surface area contributed by atoms with Crippen LogP contribution in [-0.4, -0.2) is 11.2 Å². The standard InChI is InChI=1S/C14H18O/c1-10(15)14(8-9-14)13-5-3-2-4-12(13)11-6-7-11/h2-5,10-11,15H,6-9H2,1H3. The van der Waals surface area contributed by atoms with E-state index in [0.717, 1.165) is 18.8 Å². The van der Waals surface area contributed by atoms with Gasteiger partial charge in [0.2, 0.25) is 0 Å². The molecule has 0 aromatic heterocycles. The summed E-state index contributed by atoms with van der Waals surface area (Å²) in [6, 6.07) is 8.74. The second-order valence-electron chi connectivity index (χ2n) is 5.19. The maximum absolute atomic E-state index is 9.92. The average Bonchev–Trinajstić information content (AvgIpc) is 3.11. The molecule has 1 aromatic carbocycles. The molecule has 0 bridgehead atoms. The minimum absolute atomic E-state index is 0.110. The number of hydrogen-bond acceptors (Lipinski definition) is 1. The fraction of sp³-hybridized carbons (Fsp3) is 0.571. The Morgan fingerprint density at radius 1 is 1.27 bits per heavy atom. The summed E-state index contributed by atoms with van der Waals surface area (Å²) in [5.41, 5.74) is 3.05. The molecule has 1 unspecified atom stereocenters. The lowest BCUT2D eigenvalue weighted by molar-refractivity contribution is 0.150. The number of aliphatic hydroxyl groups is 1. The first-order valence-corrected chi connectivity index (χ1v) is 6.01. The molecule has 1 N–H and O–H groups in total. The predicted octanol–water partition coefficient (Wildman–Crippen LogP) is 2.98. The lowest BCUT2D eigenvalue weighted by Crippen LogP contribution is -2.23. The first-order chi connectivity index (χ1) is 7.24. The van der Waals surface area contributed by atoms with Crippen LogP contribution in [0.2, 0.25) is 0 Å². The van der Waals surface area contributed by atoms with Gasteiger partial charge in [0.05, 0.1) is 6.10 Å². The van der Waals surface area contributed by atoms with Gasteiger partial charge in [0.25, 0.3) is 0 Å². The topological polar surface area (TPSA) is 20.2 Å². The fourth-order valence-electron chi connectivity index (χ4n) is 2.75. The van der Waals surface area contributed by atoms with Crippen molar-refractivity contribution in [3.05, 3.63) is 35.4 Å². The first kappa shape index (κ1) is 9.41. The Morgan fingerprint density at radius 2 is 1.93 bits per heavy atom. The highest BCUT2D eigenvalue weighted by atomic mass is 16.3. The van der Waals surface area contributed by atoms with E-state index in [-0.39, 0.29) is 11.5 Å². The Hall–Kier alpha value is -0.820. The molecule has 0 amide bonds. The van der Waals surface area contributed by atoms with Crippen LogP contribution in [0.3, 0.4) is 0 Å². The highest BCUT2D eigenvalue weighted by molar-refractivity contribution is 5.43. The van der Waals surface area contributed by atoms with E-state index in [0.29, 0.717) is 0 Å². The van der Waals surface area contributed by atoms with Crippen LogP contribution in [0.1, 0.15) is 49.7 Å². The van der Waals surface area contributed by atoms with Gasteiger partial charge in [-0.05, 0) is 49.7 Å². The summed E-state index contributed by atoms with van der Waals surface area (Å²) in [5.74, 6) is 0.789. The minimum atomic E-state index is -0.197. The van der Waals surface area contributed by atoms with E-state index in [1.54, 1.807) is 0 Å². The number of hydrogen-bond donors (Lipinski definition) is 1. The van der Waals surface area contributed by atoms with Crippen molar-refractivity contribution in [2.24, 2.45) is 0 Å². The van der Waals surface area contributed by atoms with Crippen LogP contribution < -0.4 is 0 Å². The van der Waals surface area contributed by atoms with Crippen LogP contribution >= 0.6 is 0 Å². The summed E-state index contributed by atoms with van der Waals surface area (Å²) in [4.78, 5) is 0. The van der Waals surface area contributed by atoms with Gasteiger partial charge in [-0.15, -0.1) is 0 Å². The molecule has 0 radical (unpaired) electrons. The molecule has 0 heterocycles. The van der Waals surface area contributed by atoms with Crippen molar-refractivity contribution in [2.45, 2.75) is 50.0 Å². The van der Waals surface area contributed by atoms with Crippen molar-refractivity contribution >= 4 is 0 Å². The molecule has 0 spiro atoms. The lowest BCUT2D eigenvalue weighted by atomic mass is 9.86. The van der Waals surface area contributed by atoms with Crippen LogP contribution in [0.25, 0.3) is 0 Å². The molecule has 1 aromatic rings. The molecular weight excluding hydrogens is 184 g/mol. The van der Waals surface area contributed by atoms with Crippen molar-refractivity contribution in [2.75, 3.05) is 0 Å². The van der Waals surface area contributed by atoms with Crippen molar-refractivity contribution in [3.8, 4) is 0 Å². The number of rotatable bonds is 3. The predicted molar refractivity (Wildman–Crippen MR) is 61.0 cm³/mol. The van der Waals surface area contributed by atoms with Crippen LogP contribution in [0, 0.1) is 0 Å². The quantitative estimate of drug-likeness (QED) is 0.799. The van der Waals surface area contributed by atoms with Crippen molar-refractivity contribution in [1.29, 1.82) is 0 Å². The first-order valence-electron chi connectivity index (χ1n) is 6.01. The Morgan fingerprint density at radius 3 is 2.47 bits per heavy atom. The summed E-state index contributed by atoms with van der Waals surface area (Å²) in [6.45, 7) is 1.94. The molecule has 1 atom stereocenters. The smallest absolute Gasteiger partial charge is 0.0608 e. The van der Waals surface area contributed by atoms with E-state index >= 15 is 0 Å². The lowest BCUT2D eigenvalue weighted by Gasteiger charge is -2.22. The van der Waals surface area contributed by atoms with E-state index in [4.69, 9.17) is 0 Å². The molecule has 3 rings (SSSR count). The second kappa shape index (κ2) is 3.08. The summed E-state index contributed by atoms with van der Waals surface area (Å²) < 4.78 is 0. The SMILES string of the molecule is CC(O)C1(c2ccccc2C2CC2)CC1. The van der Waals surface area contributed by atoms with Gasteiger partial charge in [0.15, 0.2) is 0 Å². The third-order valence-corrected chi connectivity index (χ3v) is 4.10. The van der Waals surface area contributed by atoms with Gasteiger partial charge in [0.1, 0.15) is 0 Å². The van der Waals surface area contributed by atoms with E-state index in [9.17, 15) is 5.11 Å². The molecule has 0 saturated heterocycles. The molecule has 2 aliphatic carbocycles. The maximum atomic E-state index is 9.92. The largest absolute Gasteiger partial charge is 0.392 e. The minimum Gasteiger partial charge on any atom is -0.392 e. The molecular formula is C14H18O. The molecule has 1 heteroatoms. The van der Waals surface area contributed by atoms with Crippen molar-refractivity contribution in [1.82, 2.24) is 0 Å². The van der Waals surface area contributed by atoms with Crippen LogP contribution in [0.4, 0.5) is 0 Å². The Balaban J connectivity index is 2.03. The monoisotopic (exact) mass is 202 g/mol. The van der Waals surface area contributed by atoms with E-state index < -0.39 is 0 Å². The zero-order valence-corrected chi connectivity index (χ0v) is 9.24. The van der Waals surface area contributed by atoms with Crippen molar-refractivity contribution in [3.63, 3.8) is 0 Å².